The van der Waals surface area contributed by atoms with Gasteiger partial charge in [0.05, 0.1) is 23.2 Å². The van der Waals surface area contributed by atoms with Gasteiger partial charge in [0.25, 0.3) is 10.0 Å². The molecule has 4 rings (SSSR count). The summed E-state index contributed by atoms with van der Waals surface area (Å²) in [5.41, 5.74) is 6.38. The van der Waals surface area contributed by atoms with Crippen LogP contribution in [0.2, 0.25) is 0 Å². The van der Waals surface area contributed by atoms with Crippen LogP contribution in [0.3, 0.4) is 0 Å². The molecule has 2 N–H and O–H groups in total. The normalized spacial score (nSPS) is 11.9. The molecule has 150 valence electrons. The molecular weight excluding hydrogens is 384 g/mol. The lowest BCUT2D eigenvalue weighted by Gasteiger charge is -2.13. The number of aromatic nitrogens is 1. The van der Waals surface area contributed by atoms with E-state index in [1.807, 2.05) is 32.9 Å². The average molecular weight is 409 g/mol. The molecular formula is C23H24N2O3S. The molecule has 3 aromatic carbocycles. The average Bonchev–Trinajstić information content (AvgIpc) is 3.08. The third-order valence-electron chi connectivity index (χ3n) is 5.57. The molecule has 0 bridgehead atoms. The molecule has 0 fully saturated rings. The van der Waals surface area contributed by atoms with Gasteiger partial charge >= 0.3 is 0 Å². The zero-order chi connectivity index (χ0) is 20.9. The minimum atomic E-state index is -3.78. The van der Waals surface area contributed by atoms with Gasteiger partial charge in [-0.1, -0.05) is 24.3 Å². The number of ether oxygens (including phenoxy) is 1. The fraction of sp³-hybridized carbons (Fsp3) is 0.217. The molecule has 1 aromatic heterocycles. The summed E-state index contributed by atoms with van der Waals surface area (Å²) >= 11 is 0. The molecule has 0 saturated heterocycles. The predicted molar refractivity (Wildman–Crippen MR) is 119 cm³/mol. The summed E-state index contributed by atoms with van der Waals surface area (Å²) in [6, 6.07) is 13.0. The Labute approximate surface area is 170 Å². The van der Waals surface area contributed by atoms with Gasteiger partial charge in [-0.2, -0.15) is 0 Å². The second kappa shape index (κ2) is 6.81. The van der Waals surface area contributed by atoms with Crippen molar-refractivity contribution >= 4 is 37.5 Å². The monoisotopic (exact) mass is 408 g/mol. The van der Waals surface area contributed by atoms with Crippen molar-refractivity contribution < 1.29 is 13.2 Å². The third kappa shape index (κ3) is 3.13. The molecule has 4 aromatic rings. The zero-order valence-corrected chi connectivity index (χ0v) is 18.0. The van der Waals surface area contributed by atoms with Gasteiger partial charge in [0.1, 0.15) is 5.75 Å². The Morgan fingerprint density at radius 3 is 2.34 bits per heavy atom. The quantitative estimate of drug-likeness (QED) is 0.477. The van der Waals surface area contributed by atoms with Crippen LogP contribution in [0.4, 0.5) is 5.69 Å². The van der Waals surface area contributed by atoms with Gasteiger partial charge in [0, 0.05) is 22.4 Å². The minimum Gasteiger partial charge on any atom is -0.496 e. The Kier molecular flexibility index (Phi) is 4.54. The molecule has 5 nitrogen and oxygen atoms in total. The van der Waals surface area contributed by atoms with Gasteiger partial charge < -0.3 is 9.72 Å². The number of aromatic amines is 1. The Balaban J connectivity index is 1.87. The highest BCUT2D eigenvalue weighted by atomic mass is 32.2. The Morgan fingerprint density at radius 1 is 0.897 bits per heavy atom. The first kappa shape index (κ1) is 19.3. The predicted octanol–water partition coefficient (Wildman–Crippen LogP) is 5.36. The summed E-state index contributed by atoms with van der Waals surface area (Å²) < 4.78 is 34.4. The van der Waals surface area contributed by atoms with Gasteiger partial charge in [0.15, 0.2) is 0 Å². The maximum atomic E-state index is 13.1. The van der Waals surface area contributed by atoms with E-state index in [9.17, 15) is 8.42 Å². The molecule has 1 heterocycles. The lowest BCUT2D eigenvalue weighted by Crippen LogP contribution is -2.14. The van der Waals surface area contributed by atoms with E-state index in [0.29, 0.717) is 11.4 Å². The van der Waals surface area contributed by atoms with Crippen molar-refractivity contribution in [3.63, 3.8) is 0 Å². The molecule has 0 aliphatic rings. The Morgan fingerprint density at radius 2 is 1.62 bits per heavy atom. The van der Waals surface area contributed by atoms with Gasteiger partial charge in [0.2, 0.25) is 0 Å². The highest BCUT2D eigenvalue weighted by molar-refractivity contribution is 7.92. The molecule has 0 unspecified atom stereocenters. The van der Waals surface area contributed by atoms with Crippen molar-refractivity contribution in [2.45, 2.75) is 32.6 Å². The highest BCUT2D eigenvalue weighted by Gasteiger charge is 2.20. The summed E-state index contributed by atoms with van der Waals surface area (Å²) in [6.07, 6.45) is 0. The first-order chi connectivity index (χ1) is 13.7. The van der Waals surface area contributed by atoms with Crippen LogP contribution in [0, 0.1) is 27.7 Å². The zero-order valence-electron chi connectivity index (χ0n) is 17.2. The van der Waals surface area contributed by atoms with Gasteiger partial charge in [-0.25, -0.2) is 8.42 Å². The van der Waals surface area contributed by atoms with E-state index in [1.54, 1.807) is 25.3 Å². The van der Waals surface area contributed by atoms with Crippen LogP contribution in [0.1, 0.15) is 22.3 Å². The number of fused-ring (bicyclic) bond motifs is 3. The van der Waals surface area contributed by atoms with Crippen molar-refractivity contribution in [2.24, 2.45) is 0 Å². The number of sulfonamides is 1. The maximum absolute atomic E-state index is 13.1. The van der Waals surface area contributed by atoms with E-state index in [2.05, 4.69) is 28.8 Å². The SMILES string of the molecule is COc1cc(S(=O)(=O)Nc2cccc3c2[nH]c2c(C)ccc(C)c23)cc(C)c1C. The molecule has 0 atom stereocenters. The van der Waals surface area contributed by atoms with Crippen molar-refractivity contribution in [3.8, 4) is 5.75 Å². The number of H-pyrrole nitrogens is 1. The number of hydrogen-bond donors (Lipinski definition) is 2. The number of nitrogens with one attached hydrogen (secondary N) is 2. The number of anilines is 1. The third-order valence-corrected chi connectivity index (χ3v) is 6.92. The van der Waals surface area contributed by atoms with Crippen LogP contribution in [0.5, 0.6) is 5.75 Å². The number of para-hydroxylation sites is 1. The highest BCUT2D eigenvalue weighted by Crippen LogP contribution is 2.35. The number of benzene rings is 3. The molecule has 0 amide bonds. The summed E-state index contributed by atoms with van der Waals surface area (Å²) in [4.78, 5) is 3.60. The van der Waals surface area contributed by atoms with E-state index >= 15 is 0 Å². The van der Waals surface area contributed by atoms with Crippen LogP contribution < -0.4 is 9.46 Å². The smallest absolute Gasteiger partial charge is 0.262 e. The van der Waals surface area contributed by atoms with Crippen LogP contribution >= 0.6 is 0 Å². The summed E-state index contributed by atoms with van der Waals surface area (Å²) in [5, 5.41) is 2.12. The lowest BCUT2D eigenvalue weighted by atomic mass is 10.0. The van der Waals surface area contributed by atoms with E-state index in [-0.39, 0.29) is 4.90 Å². The first-order valence-electron chi connectivity index (χ1n) is 9.41. The number of hydrogen-bond acceptors (Lipinski definition) is 3. The van der Waals surface area contributed by atoms with Crippen LogP contribution in [-0.2, 0) is 10.0 Å². The van der Waals surface area contributed by atoms with Crippen molar-refractivity contribution in [1.82, 2.24) is 4.98 Å². The van der Waals surface area contributed by atoms with Crippen LogP contribution in [0.25, 0.3) is 21.8 Å². The van der Waals surface area contributed by atoms with Crippen molar-refractivity contribution in [1.29, 1.82) is 0 Å². The van der Waals surface area contributed by atoms with Gasteiger partial charge in [-0.15, -0.1) is 0 Å². The van der Waals surface area contributed by atoms with Gasteiger partial charge in [-0.05, 0) is 62.1 Å². The minimum absolute atomic E-state index is 0.179. The number of rotatable bonds is 4. The summed E-state index contributed by atoms with van der Waals surface area (Å²) in [7, 11) is -2.24. The molecule has 0 aliphatic carbocycles. The standard InChI is InChI=1S/C23H24N2O3S/c1-13-9-10-14(2)22-21(13)18-7-6-8-19(23(18)24-22)25-29(26,27)17-11-15(3)16(4)20(12-17)28-5/h6-12,24-25H,1-5H3. The molecule has 0 radical (unpaired) electrons. The second-order valence-corrected chi connectivity index (χ2v) is 9.16. The summed E-state index contributed by atoms with van der Waals surface area (Å²) in [5.74, 6) is 0.556. The fourth-order valence-corrected chi connectivity index (χ4v) is 4.96. The molecule has 6 heteroatoms. The Bertz CT molecular complexity index is 1370. The maximum Gasteiger partial charge on any atom is 0.262 e. The van der Waals surface area contributed by atoms with Crippen molar-refractivity contribution in [2.75, 3.05) is 11.8 Å². The van der Waals surface area contributed by atoms with Crippen LogP contribution in [0.15, 0.2) is 47.4 Å². The summed E-state index contributed by atoms with van der Waals surface area (Å²) in [6.45, 7) is 7.89. The van der Waals surface area contributed by atoms with E-state index in [4.69, 9.17) is 4.74 Å². The lowest BCUT2D eigenvalue weighted by molar-refractivity contribution is 0.410. The Hall–Kier alpha value is -2.99. The van der Waals surface area contributed by atoms with Crippen molar-refractivity contribution in [3.05, 3.63) is 64.7 Å². The topological polar surface area (TPSA) is 71.2 Å². The van der Waals surface area contributed by atoms with E-state index in [1.165, 1.54) is 0 Å². The molecule has 0 aliphatic heterocycles. The molecule has 0 spiro atoms. The van der Waals surface area contributed by atoms with E-state index in [0.717, 1.165) is 44.1 Å². The van der Waals surface area contributed by atoms with Gasteiger partial charge in [-0.3, -0.25) is 4.72 Å². The largest absolute Gasteiger partial charge is 0.496 e. The van der Waals surface area contributed by atoms with E-state index < -0.39 is 10.0 Å². The number of methoxy groups -OCH3 is 1. The van der Waals surface area contributed by atoms with Crippen LogP contribution in [-0.4, -0.2) is 20.5 Å². The second-order valence-electron chi connectivity index (χ2n) is 7.48. The fourth-order valence-electron chi connectivity index (χ4n) is 3.79. The molecule has 0 saturated carbocycles. The molecule has 29 heavy (non-hydrogen) atoms. The first-order valence-corrected chi connectivity index (χ1v) is 10.9. The number of aryl methyl sites for hydroxylation is 3.